The lowest BCUT2D eigenvalue weighted by molar-refractivity contribution is -0.138. The van der Waals surface area contributed by atoms with Crippen molar-refractivity contribution in [1.29, 1.82) is 0 Å². The second-order valence-electron chi connectivity index (χ2n) is 6.10. The molecular weight excluding hydrogens is 354 g/mol. The monoisotopic (exact) mass is 373 g/mol. The molecule has 0 radical (unpaired) electrons. The number of ether oxygens (including phenoxy) is 1. The molecule has 26 heavy (non-hydrogen) atoms. The molecule has 0 fully saturated rings. The standard InChI is InChI=1S/C19H19NO5S/c1-26(24)11-17(18(21)22)20-19(23)25-10-16-14-8-4-2-6-12(14)13-7-3-5-9-15(13)16/h2-9,16-17H,10-11H2,1H3,(H,20,23)(H,21,22)/t17-,26?/m0/s1. The topological polar surface area (TPSA) is 92.7 Å². The van der Waals surface area contributed by atoms with Crippen LogP contribution < -0.4 is 5.32 Å². The molecule has 1 unspecified atom stereocenters. The van der Waals surface area contributed by atoms with Crippen LogP contribution in [0.15, 0.2) is 48.5 Å². The molecule has 136 valence electrons. The molecule has 6 nitrogen and oxygen atoms in total. The number of amides is 1. The van der Waals surface area contributed by atoms with Gasteiger partial charge in [-0.15, -0.1) is 0 Å². The number of benzene rings is 2. The van der Waals surface area contributed by atoms with Crippen LogP contribution in [0.5, 0.6) is 0 Å². The molecule has 1 amide bonds. The number of hydrogen-bond acceptors (Lipinski definition) is 4. The molecule has 2 aromatic rings. The van der Waals surface area contributed by atoms with Gasteiger partial charge in [0.15, 0.2) is 0 Å². The van der Waals surface area contributed by atoms with Crippen molar-refractivity contribution < 1.29 is 23.6 Å². The second-order valence-corrected chi connectivity index (χ2v) is 7.58. The summed E-state index contributed by atoms with van der Waals surface area (Å²) in [5, 5.41) is 11.4. The van der Waals surface area contributed by atoms with Gasteiger partial charge >= 0.3 is 12.1 Å². The highest BCUT2D eigenvalue weighted by Gasteiger charge is 2.29. The first-order valence-corrected chi connectivity index (χ1v) is 9.84. The molecule has 1 aliphatic rings. The minimum Gasteiger partial charge on any atom is -0.480 e. The SMILES string of the molecule is CS(=O)C[C@H](NC(=O)OCC1c2ccccc2-c2ccccc21)C(=O)O. The quantitative estimate of drug-likeness (QED) is 0.811. The molecule has 2 aromatic carbocycles. The van der Waals surface area contributed by atoms with Crippen molar-refractivity contribution in [2.75, 3.05) is 18.6 Å². The van der Waals surface area contributed by atoms with Gasteiger partial charge in [-0.3, -0.25) is 4.21 Å². The lowest BCUT2D eigenvalue weighted by atomic mass is 9.98. The molecule has 0 saturated heterocycles. The van der Waals surface area contributed by atoms with Gasteiger partial charge in [0.25, 0.3) is 0 Å². The summed E-state index contributed by atoms with van der Waals surface area (Å²) in [6.45, 7) is 0.0986. The Bertz CT molecular complexity index is 821. The number of carboxylic acids is 1. The molecule has 2 atom stereocenters. The van der Waals surface area contributed by atoms with Gasteiger partial charge in [-0.05, 0) is 22.3 Å². The Morgan fingerprint density at radius 2 is 1.65 bits per heavy atom. The Balaban J connectivity index is 1.71. The van der Waals surface area contributed by atoms with E-state index in [1.165, 1.54) is 6.26 Å². The van der Waals surface area contributed by atoms with Crippen LogP contribution in [0.3, 0.4) is 0 Å². The highest BCUT2D eigenvalue weighted by molar-refractivity contribution is 7.84. The van der Waals surface area contributed by atoms with E-state index >= 15 is 0 Å². The van der Waals surface area contributed by atoms with Crippen molar-refractivity contribution in [2.45, 2.75) is 12.0 Å². The highest BCUT2D eigenvalue weighted by Crippen LogP contribution is 2.44. The largest absolute Gasteiger partial charge is 0.480 e. The Morgan fingerprint density at radius 3 is 2.15 bits per heavy atom. The zero-order valence-corrected chi connectivity index (χ0v) is 15.0. The van der Waals surface area contributed by atoms with Crippen LogP contribution in [0.25, 0.3) is 11.1 Å². The fraction of sp³-hybridized carbons (Fsp3) is 0.263. The van der Waals surface area contributed by atoms with E-state index in [-0.39, 0.29) is 18.3 Å². The summed E-state index contributed by atoms with van der Waals surface area (Å²) in [6, 6.07) is 14.6. The molecule has 0 spiro atoms. The summed E-state index contributed by atoms with van der Waals surface area (Å²) >= 11 is 0. The number of carbonyl (C=O) groups excluding carboxylic acids is 1. The molecule has 0 saturated carbocycles. The van der Waals surface area contributed by atoms with Crippen molar-refractivity contribution in [1.82, 2.24) is 5.32 Å². The van der Waals surface area contributed by atoms with Crippen LogP contribution in [0, 0.1) is 0 Å². The zero-order chi connectivity index (χ0) is 18.7. The fourth-order valence-corrected chi connectivity index (χ4v) is 3.89. The lowest BCUT2D eigenvalue weighted by Crippen LogP contribution is -2.44. The third kappa shape index (κ3) is 3.77. The minimum absolute atomic E-state index is 0.0986. The summed E-state index contributed by atoms with van der Waals surface area (Å²) in [6.07, 6.45) is 0.555. The van der Waals surface area contributed by atoms with Crippen molar-refractivity contribution in [3.8, 4) is 11.1 Å². The van der Waals surface area contributed by atoms with Crippen LogP contribution in [0.1, 0.15) is 17.0 Å². The highest BCUT2D eigenvalue weighted by atomic mass is 32.2. The molecule has 0 aliphatic heterocycles. The number of hydrogen-bond donors (Lipinski definition) is 2. The third-order valence-corrected chi connectivity index (χ3v) is 5.14. The van der Waals surface area contributed by atoms with Gasteiger partial charge in [-0.2, -0.15) is 0 Å². The van der Waals surface area contributed by atoms with Crippen molar-refractivity contribution in [3.05, 3.63) is 59.7 Å². The predicted molar refractivity (Wildman–Crippen MR) is 98.6 cm³/mol. The number of fused-ring (bicyclic) bond motifs is 3. The number of rotatable bonds is 6. The van der Waals surface area contributed by atoms with Crippen LogP contribution in [-0.4, -0.2) is 46.0 Å². The Labute approximate surface area is 153 Å². The van der Waals surface area contributed by atoms with Crippen LogP contribution >= 0.6 is 0 Å². The summed E-state index contributed by atoms with van der Waals surface area (Å²) in [7, 11) is -1.35. The number of carboxylic acid groups (broad SMARTS) is 1. The molecule has 0 bridgehead atoms. The van der Waals surface area contributed by atoms with Gasteiger partial charge < -0.3 is 15.2 Å². The minimum atomic E-state index is -1.35. The number of aliphatic carboxylic acids is 1. The van der Waals surface area contributed by atoms with Crippen LogP contribution in [0.2, 0.25) is 0 Å². The normalized spacial score (nSPS) is 14.8. The average molecular weight is 373 g/mol. The van der Waals surface area contributed by atoms with E-state index in [0.29, 0.717) is 0 Å². The first-order valence-electron chi connectivity index (χ1n) is 8.11. The maximum atomic E-state index is 12.0. The van der Waals surface area contributed by atoms with Crippen LogP contribution in [-0.2, 0) is 20.3 Å². The van der Waals surface area contributed by atoms with Gasteiger partial charge in [0, 0.05) is 23.0 Å². The Kier molecular flexibility index (Phi) is 5.37. The summed E-state index contributed by atoms with van der Waals surface area (Å²) in [4.78, 5) is 23.2. The van der Waals surface area contributed by atoms with Gasteiger partial charge in [-0.25, -0.2) is 9.59 Å². The van der Waals surface area contributed by atoms with E-state index in [2.05, 4.69) is 5.32 Å². The summed E-state index contributed by atoms with van der Waals surface area (Å²) < 4.78 is 16.5. The Morgan fingerprint density at radius 1 is 1.12 bits per heavy atom. The maximum absolute atomic E-state index is 12.0. The molecule has 7 heteroatoms. The van der Waals surface area contributed by atoms with Crippen molar-refractivity contribution in [3.63, 3.8) is 0 Å². The fourth-order valence-electron chi connectivity index (χ4n) is 3.19. The van der Waals surface area contributed by atoms with E-state index in [4.69, 9.17) is 9.84 Å². The zero-order valence-electron chi connectivity index (χ0n) is 14.2. The van der Waals surface area contributed by atoms with Crippen molar-refractivity contribution in [2.24, 2.45) is 0 Å². The lowest BCUT2D eigenvalue weighted by Gasteiger charge is -2.17. The predicted octanol–water partition coefficient (Wildman–Crippen LogP) is 2.36. The molecular formula is C19H19NO5S. The number of carbonyl (C=O) groups is 2. The summed E-state index contributed by atoms with van der Waals surface area (Å²) in [5.74, 6) is -1.51. The first kappa shape index (κ1) is 18.1. The molecule has 0 heterocycles. The van der Waals surface area contributed by atoms with Gasteiger partial charge in [0.2, 0.25) is 0 Å². The van der Waals surface area contributed by atoms with E-state index in [1.807, 2.05) is 48.5 Å². The van der Waals surface area contributed by atoms with Gasteiger partial charge in [-0.1, -0.05) is 48.5 Å². The maximum Gasteiger partial charge on any atom is 0.407 e. The van der Waals surface area contributed by atoms with Crippen molar-refractivity contribution >= 4 is 22.9 Å². The van der Waals surface area contributed by atoms with E-state index < -0.39 is 28.9 Å². The third-order valence-electron chi connectivity index (χ3n) is 4.34. The number of alkyl carbamates (subject to hydrolysis) is 1. The van der Waals surface area contributed by atoms with E-state index in [9.17, 15) is 13.8 Å². The van der Waals surface area contributed by atoms with E-state index in [1.54, 1.807) is 0 Å². The molecule has 0 aromatic heterocycles. The smallest absolute Gasteiger partial charge is 0.407 e. The Hall–Kier alpha value is -2.67. The number of nitrogens with one attached hydrogen (secondary N) is 1. The summed E-state index contributed by atoms with van der Waals surface area (Å²) in [5.41, 5.74) is 4.38. The second kappa shape index (κ2) is 7.70. The first-order chi connectivity index (χ1) is 12.5. The van der Waals surface area contributed by atoms with Gasteiger partial charge in [0.1, 0.15) is 12.6 Å². The average Bonchev–Trinajstić information content (AvgIpc) is 2.93. The van der Waals surface area contributed by atoms with Crippen LogP contribution in [0.4, 0.5) is 4.79 Å². The molecule has 1 aliphatic carbocycles. The molecule has 3 rings (SSSR count). The van der Waals surface area contributed by atoms with Gasteiger partial charge in [0.05, 0.1) is 5.75 Å². The van der Waals surface area contributed by atoms with E-state index in [0.717, 1.165) is 22.3 Å². The molecule has 2 N–H and O–H groups in total.